The van der Waals surface area contributed by atoms with Gasteiger partial charge < -0.3 is 4.57 Å². The monoisotopic (exact) mass is 216 g/mol. The van der Waals surface area contributed by atoms with Crippen molar-refractivity contribution in [2.24, 2.45) is 0 Å². The molecule has 0 saturated carbocycles. The van der Waals surface area contributed by atoms with Crippen LogP contribution in [0.3, 0.4) is 0 Å². The van der Waals surface area contributed by atoms with Crippen molar-refractivity contribution in [3.8, 4) is 6.07 Å². The molecule has 0 bridgehead atoms. The summed E-state index contributed by atoms with van der Waals surface area (Å²) in [5.74, 6) is -0.470. The molecule has 16 heavy (non-hydrogen) atoms. The first-order chi connectivity index (χ1) is 7.67. The number of pyridine rings is 1. The third-order valence-corrected chi connectivity index (χ3v) is 2.50. The molecule has 1 aromatic carbocycles. The van der Waals surface area contributed by atoms with Gasteiger partial charge in [-0.15, -0.1) is 0 Å². The van der Waals surface area contributed by atoms with E-state index in [1.165, 1.54) is 18.3 Å². The van der Waals surface area contributed by atoms with E-state index in [0.717, 1.165) is 0 Å². The van der Waals surface area contributed by atoms with Crippen LogP contribution in [-0.2, 0) is 6.54 Å². The summed E-state index contributed by atoms with van der Waals surface area (Å²) in [6.07, 6.45) is 1.50. The molecule has 3 nitrogen and oxygen atoms in total. The number of hydrogen-bond acceptors (Lipinski definition) is 2. The predicted octanol–water partition coefficient (Wildman–Crippen LogP) is 2.03. The Labute approximate surface area is 91.4 Å². The van der Waals surface area contributed by atoms with Crippen molar-refractivity contribution < 1.29 is 4.39 Å². The van der Waals surface area contributed by atoms with Gasteiger partial charge in [0.1, 0.15) is 17.4 Å². The fourth-order valence-corrected chi connectivity index (χ4v) is 1.71. The molecule has 2 rings (SSSR count). The second kappa shape index (κ2) is 3.78. The van der Waals surface area contributed by atoms with Gasteiger partial charge in [0.25, 0.3) is 0 Å². The van der Waals surface area contributed by atoms with Crippen molar-refractivity contribution in [1.82, 2.24) is 4.57 Å². The number of fused-ring (bicyclic) bond motifs is 1. The maximum absolute atomic E-state index is 13.1. The smallest absolute Gasteiger partial charge is 0.207 e. The minimum absolute atomic E-state index is 0.0416. The number of hydrogen-bond donors (Lipinski definition) is 0. The highest BCUT2D eigenvalue weighted by Crippen LogP contribution is 2.13. The molecule has 1 heterocycles. The zero-order valence-corrected chi connectivity index (χ0v) is 8.70. The van der Waals surface area contributed by atoms with E-state index in [1.807, 2.05) is 13.0 Å². The van der Waals surface area contributed by atoms with Crippen LogP contribution in [0.1, 0.15) is 12.5 Å². The van der Waals surface area contributed by atoms with Crippen LogP contribution in [0, 0.1) is 17.1 Å². The predicted molar refractivity (Wildman–Crippen MR) is 58.6 cm³/mol. The fraction of sp³-hybridized carbons (Fsp3) is 0.167. The summed E-state index contributed by atoms with van der Waals surface area (Å²) in [6.45, 7) is 2.52. The van der Waals surface area contributed by atoms with Crippen LogP contribution in [0.5, 0.6) is 0 Å². The van der Waals surface area contributed by atoms with Gasteiger partial charge in [0.2, 0.25) is 5.43 Å². The first-order valence-electron chi connectivity index (χ1n) is 4.90. The van der Waals surface area contributed by atoms with E-state index in [0.29, 0.717) is 12.1 Å². The van der Waals surface area contributed by atoms with Crippen molar-refractivity contribution in [2.75, 3.05) is 0 Å². The Bertz CT molecular complexity index is 652. The molecule has 0 saturated heterocycles. The van der Waals surface area contributed by atoms with E-state index >= 15 is 0 Å². The van der Waals surface area contributed by atoms with Crippen LogP contribution in [0.2, 0.25) is 0 Å². The van der Waals surface area contributed by atoms with Crippen LogP contribution in [0.15, 0.2) is 29.2 Å². The Morgan fingerprint density at radius 2 is 2.25 bits per heavy atom. The average molecular weight is 216 g/mol. The minimum atomic E-state index is -0.470. The molecule has 4 heteroatoms. The molecule has 0 atom stereocenters. The summed E-state index contributed by atoms with van der Waals surface area (Å²) in [7, 11) is 0. The summed E-state index contributed by atoms with van der Waals surface area (Å²) in [6, 6.07) is 5.85. The number of aromatic nitrogens is 1. The summed E-state index contributed by atoms with van der Waals surface area (Å²) >= 11 is 0. The first-order valence-corrected chi connectivity index (χ1v) is 4.90. The van der Waals surface area contributed by atoms with Crippen molar-refractivity contribution in [3.05, 3.63) is 46.0 Å². The molecule has 80 valence electrons. The van der Waals surface area contributed by atoms with Gasteiger partial charge in [0, 0.05) is 18.1 Å². The normalized spacial score (nSPS) is 10.3. The van der Waals surface area contributed by atoms with Gasteiger partial charge in [-0.3, -0.25) is 4.79 Å². The molecule has 0 aliphatic rings. The highest BCUT2D eigenvalue weighted by atomic mass is 19.1. The molecule has 0 radical (unpaired) electrons. The Kier molecular flexibility index (Phi) is 2.45. The molecule has 2 aromatic rings. The number of nitriles is 1. The van der Waals surface area contributed by atoms with E-state index in [-0.39, 0.29) is 10.9 Å². The van der Waals surface area contributed by atoms with Crippen LogP contribution >= 0.6 is 0 Å². The molecule has 0 unspecified atom stereocenters. The van der Waals surface area contributed by atoms with Gasteiger partial charge in [0.15, 0.2) is 0 Å². The lowest BCUT2D eigenvalue weighted by Gasteiger charge is -2.08. The van der Waals surface area contributed by atoms with Gasteiger partial charge in [-0.1, -0.05) is 0 Å². The zero-order valence-electron chi connectivity index (χ0n) is 8.70. The molecule has 0 amide bonds. The van der Waals surface area contributed by atoms with Crippen molar-refractivity contribution in [1.29, 1.82) is 5.26 Å². The van der Waals surface area contributed by atoms with Crippen molar-refractivity contribution in [2.45, 2.75) is 13.5 Å². The molecule has 0 aliphatic carbocycles. The highest BCUT2D eigenvalue weighted by Gasteiger charge is 2.08. The molecule has 0 fully saturated rings. The Morgan fingerprint density at radius 1 is 1.50 bits per heavy atom. The third kappa shape index (κ3) is 1.47. The second-order valence-corrected chi connectivity index (χ2v) is 3.43. The SMILES string of the molecule is CCn1cc(C#N)c(=O)c2cc(F)ccc21. The minimum Gasteiger partial charge on any atom is -0.346 e. The molecule has 1 aromatic heterocycles. The lowest BCUT2D eigenvalue weighted by molar-refractivity contribution is 0.629. The molecule has 0 spiro atoms. The second-order valence-electron chi connectivity index (χ2n) is 3.43. The van der Waals surface area contributed by atoms with E-state index < -0.39 is 11.2 Å². The summed E-state index contributed by atoms with van der Waals surface area (Å²) in [5.41, 5.74) is 0.273. The largest absolute Gasteiger partial charge is 0.346 e. The van der Waals surface area contributed by atoms with Crippen molar-refractivity contribution >= 4 is 10.9 Å². The van der Waals surface area contributed by atoms with Crippen LogP contribution in [0.25, 0.3) is 10.9 Å². The molecular weight excluding hydrogens is 207 g/mol. The first kappa shape index (κ1) is 10.4. The van der Waals surface area contributed by atoms with E-state index in [1.54, 1.807) is 10.6 Å². The third-order valence-electron chi connectivity index (χ3n) is 2.50. The Morgan fingerprint density at radius 3 is 2.88 bits per heavy atom. The summed E-state index contributed by atoms with van der Waals surface area (Å²) in [4.78, 5) is 11.8. The van der Waals surface area contributed by atoms with Gasteiger partial charge in [-0.2, -0.15) is 5.26 Å². The van der Waals surface area contributed by atoms with Gasteiger partial charge in [-0.05, 0) is 25.1 Å². The van der Waals surface area contributed by atoms with Gasteiger partial charge >= 0.3 is 0 Å². The molecule has 0 aliphatic heterocycles. The van der Waals surface area contributed by atoms with E-state index in [2.05, 4.69) is 0 Å². The number of halogens is 1. The van der Waals surface area contributed by atoms with Crippen LogP contribution in [-0.4, -0.2) is 4.57 Å². The van der Waals surface area contributed by atoms with Crippen LogP contribution in [0.4, 0.5) is 4.39 Å². The lowest BCUT2D eigenvalue weighted by atomic mass is 10.1. The quantitative estimate of drug-likeness (QED) is 0.732. The van der Waals surface area contributed by atoms with E-state index in [4.69, 9.17) is 5.26 Å². The number of nitrogens with zero attached hydrogens (tertiary/aromatic N) is 2. The van der Waals surface area contributed by atoms with Gasteiger partial charge in [-0.25, -0.2) is 4.39 Å². The Balaban J connectivity index is 2.99. The summed E-state index contributed by atoms with van der Waals surface area (Å²) < 4.78 is 14.8. The van der Waals surface area contributed by atoms with Gasteiger partial charge in [0.05, 0.1) is 5.52 Å². The standard InChI is InChI=1S/C12H9FN2O/c1-2-15-7-8(6-14)12(16)10-5-9(13)3-4-11(10)15/h3-5,7H,2H2,1H3. The summed E-state index contributed by atoms with van der Waals surface area (Å²) in [5, 5.41) is 9.06. The molecular formula is C12H9FN2O. The number of rotatable bonds is 1. The maximum atomic E-state index is 13.1. The number of benzene rings is 1. The highest BCUT2D eigenvalue weighted by molar-refractivity contribution is 5.80. The fourth-order valence-electron chi connectivity index (χ4n) is 1.71. The molecule has 0 N–H and O–H groups in total. The van der Waals surface area contributed by atoms with Crippen molar-refractivity contribution in [3.63, 3.8) is 0 Å². The number of aryl methyl sites for hydroxylation is 1. The topological polar surface area (TPSA) is 45.8 Å². The maximum Gasteiger partial charge on any atom is 0.207 e. The van der Waals surface area contributed by atoms with Crippen LogP contribution < -0.4 is 5.43 Å². The van der Waals surface area contributed by atoms with E-state index in [9.17, 15) is 9.18 Å². The lowest BCUT2D eigenvalue weighted by Crippen LogP contribution is -2.12. The zero-order chi connectivity index (χ0) is 11.7. The average Bonchev–Trinajstić information content (AvgIpc) is 2.30. The Hall–Kier alpha value is -2.15.